The van der Waals surface area contributed by atoms with Crippen molar-refractivity contribution in [3.63, 3.8) is 0 Å². The number of hydrogen-bond acceptors (Lipinski definition) is 2. The number of hydrogen-bond donors (Lipinski definition) is 1. The van der Waals surface area contributed by atoms with Crippen LogP contribution in [0.1, 0.15) is 25.7 Å². The quantitative estimate of drug-likeness (QED) is 0.651. The Kier molecular flexibility index (Phi) is 4.33. The molecular formula is C10H18O2. The summed E-state index contributed by atoms with van der Waals surface area (Å²) in [5, 5.41) is 9.70. The Bertz CT molecular complexity index is 128. The summed E-state index contributed by atoms with van der Waals surface area (Å²) in [6.45, 7) is 5.27. The molecule has 1 saturated heterocycles. The molecule has 12 heavy (non-hydrogen) atoms. The lowest BCUT2D eigenvalue weighted by Crippen LogP contribution is -2.27. The van der Waals surface area contributed by atoms with Crippen LogP contribution in [-0.2, 0) is 4.74 Å². The van der Waals surface area contributed by atoms with Gasteiger partial charge in [-0.15, -0.1) is 6.58 Å². The lowest BCUT2D eigenvalue weighted by atomic mass is 9.91. The van der Waals surface area contributed by atoms with Crippen molar-refractivity contribution in [2.24, 2.45) is 5.92 Å². The molecule has 1 aliphatic rings. The molecule has 1 atom stereocenters. The maximum atomic E-state index is 9.70. The molecule has 0 aromatic carbocycles. The molecule has 0 amide bonds. The second kappa shape index (κ2) is 5.33. The first-order valence-electron chi connectivity index (χ1n) is 4.71. The smallest absolute Gasteiger partial charge is 0.0573 e. The van der Waals surface area contributed by atoms with Crippen molar-refractivity contribution in [1.82, 2.24) is 0 Å². The van der Waals surface area contributed by atoms with Gasteiger partial charge in [-0.1, -0.05) is 6.08 Å². The molecule has 70 valence electrons. The van der Waals surface area contributed by atoms with E-state index in [4.69, 9.17) is 4.74 Å². The fourth-order valence-electron chi connectivity index (χ4n) is 1.62. The average molecular weight is 170 g/mol. The summed E-state index contributed by atoms with van der Waals surface area (Å²) >= 11 is 0. The molecule has 0 spiro atoms. The van der Waals surface area contributed by atoms with Crippen LogP contribution in [0.2, 0.25) is 0 Å². The number of rotatable bonds is 4. The Balaban J connectivity index is 2.19. The van der Waals surface area contributed by atoms with Gasteiger partial charge in [0.25, 0.3) is 0 Å². The fraction of sp³-hybridized carbons (Fsp3) is 0.800. The van der Waals surface area contributed by atoms with Crippen molar-refractivity contribution in [1.29, 1.82) is 0 Å². The van der Waals surface area contributed by atoms with E-state index in [1.165, 1.54) is 0 Å². The summed E-state index contributed by atoms with van der Waals surface area (Å²) in [5.41, 5.74) is 0. The van der Waals surface area contributed by atoms with Gasteiger partial charge in [0, 0.05) is 13.2 Å². The Labute approximate surface area is 74.2 Å². The Morgan fingerprint density at radius 3 is 2.75 bits per heavy atom. The van der Waals surface area contributed by atoms with E-state index in [0.717, 1.165) is 38.9 Å². The average Bonchev–Trinajstić information content (AvgIpc) is 2.15. The highest BCUT2D eigenvalue weighted by molar-refractivity contribution is 4.75. The molecule has 1 aliphatic heterocycles. The first-order valence-corrected chi connectivity index (χ1v) is 4.71. The zero-order valence-corrected chi connectivity index (χ0v) is 7.54. The first kappa shape index (κ1) is 9.75. The summed E-state index contributed by atoms with van der Waals surface area (Å²) in [5.74, 6) is 0.457. The molecule has 0 saturated carbocycles. The van der Waals surface area contributed by atoms with E-state index in [2.05, 4.69) is 6.58 Å². The number of ether oxygens (including phenoxy) is 1. The lowest BCUT2D eigenvalue weighted by Gasteiger charge is -2.26. The lowest BCUT2D eigenvalue weighted by molar-refractivity contribution is 0.00541. The number of allylic oxidation sites excluding steroid dienone is 1. The zero-order chi connectivity index (χ0) is 8.81. The molecule has 1 N–H and O–H groups in total. The number of aliphatic hydroxyl groups is 1. The van der Waals surface area contributed by atoms with Gasteiger partial charge in [-0.05, 0) is 31.6 Å². The molecule has 1 fully saturated rings. The largest absolute Gasteiger partial charge is 0.393 e. The molecule has 2 nitrogen and oxygen atoms in total. The van der Waals surface area contributed by atoms with Crippen molar-refractivity contribution in [2.75, 3.05) is 13.2 Å². The minimum absolute atomic E-state index is 0.146. The van der Waals surface area contributed by atoms with Crippen LogP contribution in [0.25, 0.3) is 0 Å². The minimum Gasteiger partial charge on any atom is -0.393 e. The van der Waals surface area contributed by atoms with Gasteiger partial charge in [0.1, 0.15) is 0 Å². The van der Waals surface area contributed by atoms with Gasteiger partial charge in [-0.2, -0.15) is 0 Å². The van der Waals surface area contributed by atoms with Crippen LogP contribution in [0.15, 0.2) is 12.7 Å². The third-order valence-electron chi connectivity index (χ3n) is 2.48. The van der Waals surface area contributed by atoms with E-state index < -0.39 is 0 Å². The SMILES string of the molecule is C=CCCC(O)C1CCOCC1. The van der Waals surface area contributed by atoms with Crippen LogP contribution in [0, 0.1) is 5.92 Å². The van der Waals surface area contributed by atoms with E-state index in [1.807, 2.05) is 6.08 Å². The topological polar surface area (TPSA) is 29.5 Å². The van der Waals surface area contributed by atoms with Gasteiger partial charge < -0.3 is 9.84 Å². The molecule has 1 rings (SSSR count). The van der Waals surface area contributed by atoms with E-state index in [9.17, 15) is 5.11 Å². The maximum absolute atomic E-state index is 9.70. The molecule has 0 aromatic rings. The molecule has 2 heteroatoms. The van der Waals surface area contributed by atoms with Crippen LogP contribution in [0.5, 0.6) is 0 Å². The monoisotopic (exact) mass is 170 g/mol. The highest BCUT2D eigenvalue weighted by atomic mass is 16.5. The Morgan fingerprint density at radius 1 is 1.50 bits per heavy atom. The minimum atomic E-state index is -0.146. The van der Waals surface area contributed by atoms with E-state index in [0.29, 0.717) is 5.92 Å². The van der Waals surface area contributed by atoms with Crippen molar-refractivity contribution in [2.45, 2.75) is 31.8 Å². The highest BCUT2D eigenvalue weighted by Gasteiger charge is 2.20. The van der Waals surface area contributed by atoms with Crippen molar-refractivity contribution in [3.05, 3.63) is 12.7 Å². The normalized spacial score (nSPS) is 22.1. The second-order valence-electron chi connectivity index (χ2n) is 3.38. The third-order valence-corrected chi connectivity index (χ3v) is 2.48. The molecule has 0 bridgehead atoms. The molecule has 1 unspecified atom stereocenters. The molecule has 0 aromatic heterocycles. The molecule has 1 heterocycles. The van der Waals surface area contributed by atoms with Crippen LogP contribution in [0.4, 0.5) is 0 Å². The number of aliphatic hydroxyl groups excluding tert-OH is 1. The zero-order valence-electron chi connectivity index (χ0n) is 7.54. The van der Waals surface area contributed by atoms with E-state index in [-0.39, 0.29) is 6.10 Å². The Morgan fingerprint density at radius 2 is 2.17 bits per heavy atom. The summed E-state index contributed by atoms with van der Waals surface area (Å²) in [6, 6.07) is 0. The van der Waals surface area contributed by atoms with Crippen molar-refractivity contribution >= 4 is 0 Å². The highest BCUT2D eigenvalue weighted by Crippen LogP contribution is 2.21. The standard InChI is InChI=1S/C10H18O2/c1-2-3-4-10(11)9-5-7-12-8-6-9/h2,9-11H,1,3-8H2. The first-order chi connectivity index (χ1) is 5.84. The summed E-state index contributed by atoms with van der Waals surface area (Å²) in [6.07, 6.45) is 5.51. The summed E-state index contributed by atoms with van der Waals surface area (Å²) < 4.78 is 5.22. The van der Waals surface area contributed by atoms with Gasteiger partial charge in [-0.25, -0.2) is 0 Å². The van der Waals surface area contributed by atoms with Crippen LogP contribution < -0.4 is 0 Å². The maximum Gasteiger partial charge on any atom is 0.0573 e. The van der Waals surface area contributed by atoms with Gasteiger partial charge >= 0.3 is 0 Å². The van der Waals surface area contributed by atoms with Crippen LogP contribution in [0.3, 0.4) is 0 Å². The van der Waals surface area contributed by atoms with Crippen LogP contribution >= 0.6 is 0 Å². The van der Waals surface area contributed by atoms with Crippen LogP contribution in [-0.4, -0.2) is 24.4 Å². The second-order valence-corrected chi connectivity index (χ2v) is 3.38. The predicted octanol–water partition coefficient (Wildman–Crippen LogP) is 1.74. The summed E-state index contributed by atoms with van der Waals surface area (Å²) in [7, 11) is 0. The fourth-order valence-corrected chi connectivity index (χ4v) is 1.62. The van der Waals surface area contributed by atoms with Gasteiger partial charge in [0.05, 0.1) is 6.10 Å². The molecule has 0 radical (unpaired) electrons. The molecular weight excluding hydrogens is 152 g/mol. The van der Waals surface area contributed by atoms with Crippen molar-refractivity contribution < 1.29 is 9.84 Å². The predicted molar refractivity (Wildman–Crippen MR) is 49.0 cm³/mol. The van der Waals surface area contributed by atoms with Gasteiger partial charge in [0.15, 0.2) is 0 Å². The molecule has 0 aliphatic carbocycles. The van der Waals surface area contributed by atoms with E-state index in [1.54, 1.807) is 0 Å². The van der Waals surface area contributed by atoms with Gasteiger partial charge in [0.2, 0.25) is 0 Å². The van der Waals surface area contributed by atoms with E-state index >= 15 is 0 Å². The summed E-state index contributed by atoms with van der Waals surface area (Å²) in [4.78, 5) is 0. The van der Waals surface area contributed by atoms with Crippen molar-refractivity contribution in [3.8, 4) is 0 Å². The Hall–Kier alpha value is -0.340. The third kappa shape index (κ3) is 2.95. The van der Waals surface area contributed by atoms with Gasteiger partial charge in [-0.3, -0.25) is 0 Å².